The van der Waals surface area contributed by atoms with Crippen molar-refractivity contribution in [2.24, 2.45) is 5.84 Å². The number of furan rings is 1. The molecule has 0 saturated heterocycles. The monoisotopic (exact) mass is 270 g/mol. The molecule has 0 spiro atoms. The number of nitrogens with two attached hydrogens (primary N) is 1. The van der Waals surface area contributed by atoms with E-state index in [9.17, 15) is 13.2 Å². The zero-order valence-corrected chi connectivity index (χ0v) is 9.95. The summed E-state index contributed by atoms with van der Waals surface area (Å²) in [4.78, 5) is 0. The standard InChI is InChI=1S/C13H13F3N2O/c14-13(15,16)11-6-2-1-5-10(11)12(18-17)8-9-4-3-7-19-9/h1-7,12,18H,8,17H2. The first-order chi connectivity index (χ1) is 9.02. The second kappa shape index (κ2) is 5.46. The first-order valence-electron chi connectivity index (χ1n) is 5.67. The molecule has 2 rings (SSSR count). The van der Waals surface area contributed by atoms with Gasteiger partial charge in [-0.1, -0.05) is 18.2 Å². The highest BCUT2D eigenvalue weighted by Gasteiger charge is 2.34. The molecule has 19 heavy (non-hydrogen) atoms. The molecule has 1 heterocycles. The smallest absolute Gasteiger partial charge is 0.416 e. The van der Waals surface area contributed by atoms with Crippen molar-refractivity contribution in [1.29, 1.82) is 0 Å². The summed E-state index contributed by atoms with van der Waals surface area (Å²) in [6.45, 7) is 0. The quantitative estimate of drug-likeness (QED) is 0.663. The lowest BCUT2D eigenvalue weighted by Gasteiger charge is -2.20. The van der Waals surface area contributed by atoms with Crippen LogP contribution in [0.1, 0.15) is 22.9 Å². The summed E-state index contributed by atoms with van der Waals surface area (Å²) < 4.78 is 43.9. The second-order valence-corrected chi connectivity index (χ2v) is 4.09. The molecule has 0 aliphatic carbocycles. The van der Waals surface area contributed by atoms with Gasteiger partial charge in [0.25, 0.3) is 0 Å². The number of hydrogen-bond acceptors (Lipinski definition) is 3. The molecule has 0 radical (unpaired) electrons. The van der Waals surface area contributed by atoms with Crippen molar-refractivity contribution < 1.29 is 17.6 Å². The molecule has 102 valence electrons. The second-order valence-electron chi connectivity index (χ2n) is 4.09. The number of benzene rings is 1. The summed E-state index contributed by atoms with van der Waals surface area (Å²) in [5.74, 6) is 5.94. The van der Waals surface area contributed by atoms with E-state index in [0.717, 1.165) is 6.07 Å². The number of hydrazine groups is 1. The summed E-state index contributed by atoms with van der Waals surface area (Å²) in [6, 6.07) is 8.07. The van der Waals surface area contributed by atoms with Crippen molar-refractivity contribution in [2.45, 2.75) is 18.6 Å². The van der Waals surface area contributed by atoms with Crippen LogP contribution in [-0.4, -0.2) is 0 Å². The van der Waals surface area contributed by atoms with Crippen molar-refractivity contribution >= 4 is 0 Å². The zero-order valence-electron chi connectivity index (χ0n) is 9.95. The minimum absolute atomic E-state index is 0.105. The van der Waals surface area contributed by atoms with Gasteiger partial charge in [-0.2, -0.15) is 13.2 Å². The molecule has 0 fully saturated rings. The molecule has 1 unspecified atom stereocenters. The van der Waals surface area contributed by atoms with Crippen LogP contribution in [0.15, 0.2) is 47.1 Å². The fourth-order valence-electron chi connectivity index (χ4n) is 1.95. The summed E-state index contributed by atoms with van der Waals surface area (Å²) in [5, 5.41) is 0. The van der Waals surface area contributed by atoms with E-state index in [1.165, 1.54) is 18.4 Å². The maximum absolute atomic E-state index is 12.9. The number of hydrogen-bond donors (Lipinski definition) is 2. The molecule has 0 amide bonds. The minimum atomic E-state index is -4.41. The van der Waals surface area contributed by atoms with E-state index >= 15 is 0 Å². The van der Waals surface area contributed by atoms with Crippen LogP contribution in [0.5, 0.6) is 0 Å². The Morgan fingerprint density at radius 3 is 2.47 bits per heavy atom. The van der Waals surface area contributed by atoms with Crippen LogP contribution in [0.4, 0.5) is 13.2 Å². The third-order valence-electron chi connectivity index (χ3n) is 2.83. The SMILES string of the molecule is NNC(Cc1ccco1)c1ccccc1C(F)(F)F. The van der Waals surface area contributed by atoms with Crippen LogP contribution in [0.25, 0.3) is 0 Å². The van der Waals surface area contributed by atoms with Gasteiger partial charge in [-0.3, -0.25) is 11.3 Å². The largest absolute Gasteiger partial charge is 0.469 e. The van der Waals surface area contributed by atoms with Gasteiger partial charge >= 0.3 is 6.18 Å². The molecule has 3 nitrogen and oxygen atoms in total. The van der Waals surface area contributed by atoms with Crippen LogP contribution in [0, 0.1) is 0 Å². The van der Waals surface area contributed by atoms with Crippen molar-refractivity contribution in [3.63, 3.8) is 0 Å². The molecular formula is C13H13F3N2O. The summed E-state index contributed by atoms with van der Waals surface area (Å²) >= 11 is 0. The highest BCUT2D eigenvalue weighted by molar-refractivity contribution is 5.33. The Morgan fingerprint density at radius 1 is 1.16 bits per heavy atom. The fourth-order valence-corrected chi connectivity index (χ4v) is 1.95. The Balaban J connectivity index is 2.33. The predicted molar refractivity (Wildman–Crippen MR) is 63.9 cm³/mol. The van der Waals surface area contributed by atoms with Gasteiger partial charge < -0.3 is 4.42 Å². The first-order valence-corrected chi connectivity index (χ1v) is 5.67. The zero-order chi connectivity index (χ0) is 13.9. The molecule has 6 heteroatoms. The average molecular weight is 270 g/mol. The molecule has 2 aromatic rings. The van der Waals surface area contributed by atoms with Gasteiger partial charge in [0.05, 0.1) is 17.9 Å². The third kappa shape index (κ3) is 3.15. The predicted octanol–water partition coefficient (Wildman–Crippen LogP) is 3.05. The van der Waals surface area contributed by atoms with Gasteiger partial charge in [-0.15, -0.1) is 0 Å². The van der Waals surface area contributed by atoms with E-state index < -0.39 is 17.8 Å². The van der Waals surface area contributed by atoms with Gasteiger partial charge in [0.15, 0.2) is 0 Å². The average Bonchev–Trinajstić information content (AvgIpc) is 2.88. The Morgan fingerprint density at radius 2 is 1.89 bits per heavy atom. The number of rotatable bonds is 4. The molecule has 3 N–H and O–H groups in total. The summed E-state index contributed by atoms with van der Waals surface area (Å²) in [7, 11) is 0. The molecule has 0 bridgehead atoms. The Hall–Kier alpha value is -1.79. The van der Waals surface area contributed by atoms with Crippen molar-refractivity contribution in [1.82, 2.24) is 5.43 Å². The van der Waals surface area contributed by atoms with Crippen molar-refractivity contribution in [3.05, 3.63) is 59.5 Å². The van der Waals surface area contributed by atoms with E-state index in [0.29, 0.717) is 5.76 Å². The van der Waals surface area contributed by atoms with E-state index in [1.54, 1.807) is 18.2 Å². The third-order valence-corrected chi connectivity index (χ3v) is 2.83. The maximum atomic E-state index is 12.9. The lowest BCUT2D eigenvalue weighted by atomic mass is 9.97. The molecule has 0 aliphatic heterocycles. The normalized spacial score (nSPS) is 13.5. The Bertz CT molecular complexity index is 523. The van der Waals surface area contributed by atoms with E-state index in [4.69, 9.17) is 10.3 Å². The number of alkyl halides is 3. The number of nitrogens with one attached hydrogen (secondary N) is 1. The van der Waals surface area contributed by atoms with Crippen LogP contribution < -0.4 is 11.3 Å². The topological polar surface area (TPSA) is 51.2 Å². The first kappa shape index (κ1) is 13.6. The van der Waals surface area contributed by atoms with Crippen LogP contribution in [-0.2, 0) is 12.6 Å². The molecule has 1 aromatic heterocycles. The van der Waals surface area contributed by atoms with Crippen LogP contribution in [0.2, 0.25) is 0 Å². The lowest BCUT2D eigenvalue weighted by Crippen LogP contribution is -2.31. The van der Waals surface area contributed by atoms with Gasteiger partial charge in [0.1, 0.15) is 5.76 Å². The lowest BCUT2D eigenvalue weighted by molar-refractivity contribution is -0.138. The number of halogens is 3. The Labute approximate surface area is 108 Å². The van der Waals surface area contributed by atoms with Crippen molar-refractivity contribution in [2.75, 3.05) is 0 Å². The van der Waals surface area contributed by atoms with Crippen molar-refractivity contribution in [3.8, 4) is 0 Å². The summed E-state index contributed by atoms with van der Waals surface area (Å²) in [5.41, 5.74) is 1.82. The molecular weight excluding hydrogens is 257 g/mol. The van der Waals surface area contributed by atoms with Gasteiger partial charge in [0, 0.05) is 6.42 Å². The molecule has 0 aliphatic rings. The summed E-state index contributed by atoms with van der Waals surface area (Å²) in [6.07, 6.45) is -2.69. The fraction of sp³-hybridized carbons (Fsp3) is 0.231. The minimum Gasteiger partial charge on any atom is -0.469 e. The van der Waals surface area contributed by atoms with Crippen LogP contribution in [0.3, 0.4) is 0 Å². The maximum Gasteiger partial charge on any atom is 0.416 e. The highest BCUT2D eigenvalue weighted by atomic mass is 19.4. The molecule has 1 aromatic carbocycles. The highest BCUT2D eigenvalue weighted by Crippen LogP contribution is 2.35. The van der Waals surface area contributed by atoms with E-state index in [1.807, 2.05) is 0 Å². The molecule has 0 saturated carbocycles. The van der Waals surface area contributed by atoms with Gasteiger partial charge in [0.2, 0.25) is 0 Å². The van der Waals surface area contributed by atoms with E-state index in [-0.39, 0.29) is 12.0 Å². The van der Waals surface area contributed by atoms with Gasteiger partial charge in [-0.25, -0.2) is 0 Å². The Kier molecular flexibility index (Phi) is 3.92. The van der Waals surface area contributed by atoms with E-state index in [2.05, 4.69) is 5.43 Å². The van der Waals surface area contributed by atoms with Crippen LogP contribution >= 0.6 is 0 Å². The van der Waals surface area contributed by atoms with Gasteiger partial charge in [-0.05, 0) is 23.8 Å². The molecule has 1 atom stereocenters.